The van der Waals surface area contributed by atoms with Crippen molar-refractivity contribution in [2.24, 2.45) is 11.3 Å². The molecule has 0 aliphatic heterocycles. The smallest absolute Gasteiger partial charge is 0.253 e. The SMILES string of the molecule is CN(C(=O)c1ccc(NN)cc1)C1CCC(C)(C)CC1. The molecule has 0 atom stereocenters. The highest BCUT2D eigenvalue weighted by atomic mass is 16.2. The van der Waals surface area contributed by atoms with E-state index in [-0.39, 0.29) is 5.91 Å². The van der Waals surface area contributed by atoms with E-state index < -0.39 is 0 Å². The maximum Gasteiger partial charge on any atom is 0.253 e. The van der Waals surface area contributed by atoms with Gasteiger partial charge in [-0.05, 0) is 55.4 Å². The molecule has 110 valence electrons. The first-order valence-electron chi connectivity index (χ1n) is 7.27. The lowest BCUT2D eigenvalue weighted by Gasteiger charge is -2.38. The van der Waals surface area contributed by atoms with E-state index >= 15 is 0 Å². The van der Waals surface area contributed by atoms with Gasteiger partial charge in [0, 0.05) is 24.3 Å². The van der Waals surface area contributed by atoms with Gasteiger partial charge in [-0.1, -0.05) is 13.8 Å². The Labute approximate surface area is 121 Å². The molecule has 1 aromatic rings. The van der Waals surface area contributed by atoms with E-state index in [0.29, 0.717) is 11.5 Å². The first kappa shape index (κ1) is 14.9. The Morgan fingerprint density at radius 2 is 1.80 bits per heavy atom. The maximum absolute atomic E-state index is 12.5. The van der Waals surface area contributed by atoms with Gasteiger partial charge in [0.2, 0.25) is 0 Å². The topological polar surface area (TPSA) is 58.4 Å². The minimum Gasteiger partial charge on any atom is -0.339 e. The van der Waals surface area contributed by atoms with Gasteiger partial charge in [-0.25, -0.2) is 0 Å². The minimum atomic E-state index is 0.0956. The van der Waals surface area contributed by atoms with Crippen LogP contribution in [0.2, 0.25) is 0 Å². The van der Waals surface area contributed by atoms with Crippen molar-refractivity contribution >= 4 is 11.6 Å². The molecule has 1 saturated carbocycles. The van der Waals surface area contributed by atoms with Crippen molar-refractivity contribution in [1.29, 1.82) is 0 Å². The van der Waals surface area contributed by atoms with Crippen LogP contribution >= 0.6 is 0 Å². The normalized spacial score (nSPS) is 18.6. The van der Waals surface area contributed by atoms with Crippen molar-refractivity contribution in [2.75, 3.05) is 12.5 Å². The summed E-state index contributed by atoms with van der Waals surface area (Å²) in [4.78, 5) is 14.4. The van der Waals surface area contributed by atoms with Gasteiger partial charge in [0.25, 0.3) is 5.91 Å². The monoisotopic (exact) mass is 275 g/mol. The molecule has 20 heavy (non-hydrogen) atoms. The molecular formula is C16H25N3O. The molecule has 0 saturated heterocycles. The molecule has 0 bridgehead atoms. The van der Waals surface area contributed by atoms with Crippen LogP contribution in [0, 0.1) is 5.41 Å². The van der Waals surface area contributed by atoms with E-state index in [9.17, 15) is 4.79 Å². The Hall–Kier alpha value is -1.55. The fraction of sp³-hybridized carbons (Fsp3) is 0.562. The van der Waals surface area contributed by atoms with Crippen LogP contribution in [0.5, 0.6) is 0 Å². The molecule has 4 nitrogen and oxygen atoms in total. The molecule has 4 heteroatoms. The minimum absolute atomic E-state index is 0.0956. The zero-order valence-electron chi connectivity index (χ0n) is 12.6. The predicted molar refractivity (Wildman–Crippen MR) is 82.4 cm³/mol. The highest BCUT2D eigenvalue weighted by Gasteiger charge is 2.30. The lowest BCUT2D eigenvalue weighted by molar-refractivity contribution is 0.0635. The average molecular weight is 275 g/mol. The fourth-order valence-electron chi connectivity index (χ4n) is 2.85. The van der Waals surface area contributed by atoms with Crippen molar-refractivity contribution in [1.82, 2.24) is 4.90 Å². The van der Waals surface area contributed by atoms with E-state index in [4.69, 9.17) is 5.84 Å². The number of nitrogens with one attached hydrogen (secondary N) is 1. The highest BCUT2D eigenvalue weighted by molar-refractivity contribution is 5.94. The summed E-state index contributed by atoms with van der Waals surface area (Å²) in [7, 11) is 1.92. The summed E-state index contributed by atoms with van der Waals surface area (Å²) < 4.78 is 0. The number of hydrazine groups is 1. The van der Waals surface area contributed by atoms with Crippen LogP contribution in [0.1, 0.15) is 49.9 Å². The van der Waals surface area contributed by atoms with Crippen LogP contribution in [-0.2, 0) is 0 Å². The second kappa shape index (κ2) is 5.83. The number of nitrogens with two attached hydrogens (primary N) is 1. The number of nitrogens with zero attached hydrogens (tertiary/aromatic N) is 1. The van der Waals surface area contributed by atoms with Crippen molar-refractivity contribution in [3.05, 3.63) is 29.8 Å². The molecule has 0 spiro atoms. The summed E-state index contributed by atoms with van der Waals surface area (Å²) >= 11 is 0. The number of hydrogen-bond acceptors (Lipinski definition) is 3. The number of hydrogen-bond donors (Lipinski definition) is 2. The van der Waals surface area contributed by atoms with Gasteiger partial charge < -0.3 is 10.3 Å². The lowest BCUT2D eigenvalue weighted by atomic mass is 9.75. The Bertz CT molecular complexity index is 457. The van der Waals surface area contributed by atoms with E-state index in [1.807, 2.05) is 36.2 Å². The van der Waals surface area contributed by atoms with Crippen LogP contribution in [-0.4, -0.2) is 23.9 Å². The van der Waals surface area contributed by atoms with Crippen LogP contribution in [0.4, 0.5) is 5.69 Å². The number of anilines is 1. The summed E-state index contributed by atoms with van der Waals surface area (Å²) in [5, 5.41) is 0. The number of benzene rings is 1. The number of nitrogen functional groups attached to an aromatic ring is 1. The van der Waals surface area contributed by atoms with E-state index in [1.165, 1.54) is 12.8 Å². The fourth-order valence-corrected chi connectivity index (χ4v) is 2.85. The summed E-state index contributed by atoms with van der Waals surface area (Å²) in [6, 6.07) is 7.65. The van der Waals surface area contributed by atoms with Gasteiger partial charge in [-0.3, -0.25) is 10.6 Å². The maximum atomic E-state index is 12.5. The van der Waals surface area contributed by atoms with Gasteiger partial charge in [0.15, 0.2) is 0 Å². The van der Waals surface area contributed by atoms with Gasteiger partial charge in [-0.15, -0.1) is 0 Å². The van der Waals surface area contributed by atoms with Gasteiger partial charge in [0.1, 0.15) is 0 Å². The van der Waals surface area contributed by atoms with Crippen LogP contribution < -0.4 is 11.3 Å². The molecular weight excluding hydrogens is 250 g/mol. The first-order chi connectivity index (χ1) is 9.43. The molecule has 1 aromatic carbocycles. The molecule has 1 aliphatic rings. The summed E-state index contributed by atoms with van der Waals surface area (Å²) in [6.45, 7) is 4.62. The molecule has 0 heterocycles. The summed E-state index contributed by atoms with van der Waals surface area (Å²) in [5.41, 5.74) is 4.52. The van der Waals surface area contributed by atoms with Gasteiger partial charge in [-0.2, -0.15) is 0 Å². The van der Waals surface area contributed by atoms with E-state index in [1.54, 1.807) is 0 Å². The molecule has 1 fully saturated rings. The van der Waals surface area contributed by atoms with E-state index in [0.717, 1.165) is 24.1 Å². The Kier molecular flexibility index (Phi) is 4.33. The molecule has 1 amide bonds. The number of amides is 1. The van der Waals surface area contributed by atoms with Crippen LogP contribution in [0.15, 0.2) is 24.3 Å². The number of rotatable bonds is 3. The van der Waals surface area contributed by atoms with Crippen LogP contribution in [0.25, 0.3) is 0 Å². The Balaban J connectivity index is 2.01. The average Bonchev–Trinajstić information content (AvgIpc) is 2.46. The summed E-state index contributed by atoms with van der Waals surface area (Å²) in [5.74, 6) is 5.43. The first-order valence-corrected chi connectivity index (χ1v) is 7.27. The van der Waals surface area contributed by atoms with E-state index in [2.05, 4.69) is 19.3 Å². The zero-order chi connectivity index (χ0) is 14.8. The molecule has 0 aromatic heterocycles. The molecule has 2 rings (SSSR count). The number of carbonyl (C=O) groups excluding carboxylic acids is 1. The zero-order valence-corrected chi connectivity index (χ0v) is 12.6. The number of carbonyl (C=O) groups is 1. The van der Waals surface area contributed by atoms with Gasteiger partial charge in [0.05, 0.1) is 0 Å². The molecule has 3 N–H and O–H groups in total. The van der Waals surface area contributed by atoms with Crippen LogP contribution in [0.3, 0.4) is 0 Å². The third-order valence-corrected chi connectivity index (χ3v) is 4.48. The second-order valence-corrected chi connectivity index (χ2v) is 6.53. The third kappa shape index (κ3) is 3.31. The van der Waals surface area contributed by atoms with Crippen molar-refractivity contribution in [3.63, 3.8) is 0 Å². The lowest BCUT2D eigenvalue weighted by Crippen LogP contribution is -2.40. The van der Waals surface area contributed by atoms with Gasteiger partial charge >= 0.3 is 0 Å². The molecule has 0 radical (unpaired) electrons. The molecule has 0 unspecified atom stereocenters. The predicted octanol–water partition coefficient (Wildman–Crippen LogP) is 3.01. The Morgan fingerprint density at radius 1 is 1.25 bits per heavy atom. The standard InChI is InChI=1S/C16H25N3O/c1-16(2)10-8-14(9-11-16)19(3)15(20)12-4-6-13(18-17)7-5-12/h4-7,14,18H,8-11,17H2,1-3H3. The quantitative estimate of drug-likeness (QED) is 0.658. The molecule has 1 aliphatic carbocycles. The largest absolute Gasteiger partial charge is 0.339 e. The third-order valence-electron chi connectivity index (χ3n) is 4.48. The highest BCUT2D eigenvalue weighted by Crippen LogP contribution is 2.36. The summed E-state index contributed by atoms with van der Waals surface area (Å²) in [6.07, 6.45) is 4.56. The second-order valence-electron chi connectivity index (χ2n) is 6.53. The Morgan fingerprint density at radius 3 is 2.30 bits per heavy atom. The van der Waals surface area contributed by atoms with Crippen molar-refractivity contribution in [3.8, 4) is 0 Å². The van der Waals surface area contributed by atoms with Crippen molar-refractivity contribution < 1.29 is 4.79 Å². The van der Waals surface area contributed by atoms with Crippen molar-refractivity contribution in [2.45, 2.75) is 45.6 Å².